The number of fused-ring (bicyclic) bond motifs is 1. The van der Waals surface area contributed by atoms with Gasteiger partial charge < -0.3 is 10.5 Å². The zero-order chi connectivity index (χ0) is 15.7. The lowest BCUT2D eigenvalue weighted by Crippen LogP contribution is -2.46. The van der Waals surface area contributed by atoms with Crippen molar-refractivity contribution in [3.05, 3.63) is 36.4 Å². The van der Waals surface area contributed by atoms with Gasteiger partial charge in [-0.25, -0.2) is 13.1 Å². The molecule has 0 saturated carbocycles. The van der Waals surface area contributed by atoms with Gasteiger partial charge in [0.05, 0.1) is 17.0 Å². The normalized spacial score (nSPS) is 12.7. The number of nitrogens with two attached hydrogens (primary N) is 1. The summed E-state index contributed by atoms with van der Waals surface area (Å²) in [6.45, 7) is 3.83. The molecule has 0 atom stereocenters. The molecule has 6 heteroatoms. The maximum atomic E-state index is 12.6. The van der Waals surface area contributed by atoms with Crippen molar-refractivity contribution in [2.45, 2.75) is 24.3 Å². The quantitative estimate of drug-likeness (QED) is 0.829. The fourth-order valence-electron chi connectivity index (χ4n) is 2.32. The Hall–Kier alpha value is -1.63. The minimum absolute atomic E-state index is 0.240. The number of anilines is 1. The molecule has 0 fully saturated rings. The van der Waals surface area contributed by atoms with E-state index in [4.69, 9.17) is 10.5 Å². The Labute approximate surface area is 125 Å². The molecule has 0 spiro atoms. The van der Waals surface area contributed by atoms with Crippen LogP contribution in [-0.4, -0.2) is 27.7 Å². The molecule has 21 heavy (non-hydrogen) atoms. The van der Waals surface area contributed by atoms with Crippen molar-refractivity contribution in [2.75, 3.05) is 19.5 Å². The van der Waals surface area contributed by atoms with Gasteiger partial charge in [0, 0.05) is 18.2 Å². The van der Waals surface area contributed by atoms with Crippen LogP contribution < -0.4 is 10.5 Å². The number of sulfonamides is 1. The Morgan fingerprint density at radius 2 is 1.95 bits per heavy atom. The van der Waals surface area contributed by atoms with Crippen molar-refractivity contribution < 1.29 is 13.2 Å². The highest BCUT2D eigenvalue weighted by atomic mass is 32.2. The summed E-state index contributed by atoms with van der Waals surface area (Å²) in [4.78, 5) is 0.240. The van der Waals surface area contributed by atoms with Crippen molar-refractivity contribution in [3.63, 3.8) is 0 Å². The molecule has 5 nitrogen and oxygen atoms in total. The molecule has 0 aliphatic carbocycles. The molecule has 0 saturated heterocycles. The summed E-state index contributed by atoms with van der Waals surface area (Å²) in [7, 11) is -2.11. The molecule has 0 heterocycles. The van der Waals surface area contributed by atoms with Gasteiger partial charge >= 0.3 is 0 Å². The molecule has 2 aromatic rings. The van der Waals surface area contributed by atoms with Crippen LogP contribution in [0.2, 0.25) is 0 Å². The first-order chi connectivity index (χ1) is 9.75. The summed E-state index contributed by atoms with van der Waals surface area (Å²) >= 11 is 0. The summed E-state index contributed by atoms with van der Waals surface area (Å²) < 4.78 is 33.0. The van der Waals surface area contributed by atoms with Gasteiger partial charge in [0.25, 0.3) is 0 Å². The minimum Gasteiger partial charge on any atom is -0.399 e. The summed E-state index contributed by atoms with van der Waals surface area (Å²) in [6, 6.07) is 10.3. The number of hydrogen-bond acceptors (Lipinski definition) is 4. The fraction of sp³-hybridized carbons (Fsp3) is 0.333. The molecular weight excluding hydrogens is 288 g/mol. The third kappa shape index (κ3) is 3.53. The van der Waals surface area contributed by atoms with E-state index < -0.39 is 15.6 Å². The monoisotopic (exact) mass is 308 g/mol. The van der Waals surface area contributed by atoms with Gasteiger partial charge in [0.1, 0.15) is 0 Å². The Kier molecular flexibility index (Phi) is 4.22. The largest absolute Gasteiger partial charge is 0.399 e. The van der Waals surface area contributed by atoms with Crippen molar-refractivity contribution in [1.82, 2.24) is 4.72 Å². The Balaban J connectivity index is 2.50. The Bertz CT molecular complexity index is 755. The molecule has 0 aromatic heterocycles. The fourth-order valence-corrected chi connectivity index (χ4v) is 3.95. The van der Waals surface area contributed by atoms with Crippen molar-refractivity contribution in [3.8, 4) is 0 Å². The third-order valence-electron chi connectivity index (χ3n) is 3.07. The SMILES string of the molecule is COCC(C)(C)NS(=O)(=O)c1cccc2cc(N)ccc12. The van der Waals surface area contributed by atoms with Crippen LogP contribution in [0.1, 0.15) is 13.8 Å². The lowest BCUT2D eigenvalue weighted by molar-refractivity contribution is 0.141. The minimum atomic E-state index is -3.65. The van der Waals surface area contributed by atoms with E-state index in [9.17, 15) is 8.42 Å². The molecule has 114 valence electrons. The zero-order valence-corrected chi connectivity index (χ0v) is 13.2. The van der Waals surface area contributed by atoms with E-state index in [0.29, 0.717) is 11.1 Å². The van der Waals surface area contributed by atoms with Crippen LogP contribution in [0.3, 0.4) is 0 Å². The molecule has 0 radical (unpaired) electrons. The van der Waals surface area contributed by atoms with Crippen LogP contribution in [-0.2, 0) is 14.8 Å². The van der Waals surface area contributed by atoms with E-state index >= 15 is 0 Å². The van der Waals surface area contributed by atoms with Crippen LogP contribution >= 0.6 is 0 Å². The number of hydrogen-bond donors (Lipinski definition) is 2. The standard InChI is InChI=1S/C15H20N2O3S/c1-15(2,10-20-3)17-21(18,19)14-6-4-5-11-9-12(16)7-8-13(11)14/h4-9,17H,10,16H2,1-3H3. The van der Waals surface area contributed by atoms with Crippen LogP contribution in [0.15, 0.2) is 41.3 Å². The van der Waals surface area contributed by atoms with Crippen molar-refractivity contribution in [2.24, 2.45) is 0 Å². The van der Waals surface area contributed by atoms with Gasteiger partial charge in [0.2, 0.25) is 10.0 Å². The van der Waals surface area contributed by atoms with Crippen molar-refractivity contribution >= 4 is 26.5 Å². The number of benzene rings is 2. The smallest absolute Gasteiger partial charge is 0.241 e. The average Bonchev–Trinajstić information content (AvgIpc) is 2.36. The van der Waals surface area contributed by atoms with Gasteiger partial charge in [-0.1, -0.05) is 18.2 Å². The van der Waals surface area contributed by atoms with Gasteiger partial charge in [-0.15, -0.1) is 0 Å². The lowest BCUT2D eigenvalue weighted by Gasteiger charge is -2.25. The van der Waals surface area contributed by atoms with E-state index in [-0.39, 0.29) is 11.5 Å². The van der Waals surface area contributed by atoms with E-state index in [2.05, 4.69) is 4.72 Å². The zero-order valence-electron chi connectivity index (χ0n) is 12.4. The van der Waals surface area contributed by atoms with E-state index in [1.54, 1.807) is 44.2 Å². The predicted molar refractivity (Wildman–Crippen MR) is 84.6 cm³/mol. The summed E-state index contributed by atoms with van der Waals surface area (Å²) in [6.07, 6.45) is 0. The topological polar surface area (TPSA) is 81.4 Å². The number of ether oxygens (including phenoxy) is 1. The summed E-state index contributed by atoms with van der Waals surface area (Å²) in [5.41, 5.74) is 5.65. The third-order valence-corrected chi connectivity index (χ3v) is 4.83. The van der Waals surface area contributed by atoms with Crippen LogP contribution in [0.25, 0.3) is 10.8 Å². The first kappa shape index (κ1) is 15.8. The number of methoxy groups -OCH3 is 1. The highest BCUT2D eigenvalue weighted by Gasteiger charge is 2.27. The molecule has 2 rings (SSSR count). The number of nitrogens with one attached hydrogen (secondary N) is 1. The second kappa shape index (κ2) is 5.63. The number of nitrogen functional groups attached to an aromatic ring is 1. The summed E-state index contributed by atoms with van der Waals surface area (Å²) in [5.74, 6) is 0. The van der Waals surface area contributed by atoms with Gasteiger partial charge in [-0.3, -0.25) is 0 Å². The number of rotatable bonds is 5. The molecule has 0 aliphatic rings. The van der Waals surface area contributed by atoms with Crippen LogP contribution in [0.4, 0.5) is 5.69 Å². The lowest BCUT2D eigenvalue weighted by atomic mass is 10.1. The first-order valence-corrected chi connectivity index (χ1v) is 8.05. The maximum absolute atomic E-state index is 12.6. The highest BCUT2D eigenvalue weighted by Crippen LogP contribution is 2.25. The van der Waals surface area contributed by atoms with Crippen LogP contribution in [0, 0.1) is 0 Å². The highest BCUT2D eigenvalue weighted by molar-refractivity contribution is 7.89. The van der Waals surface area contributed by atoms with E-state index in [1.807, 2.05) is 6.07 Å². The molecule has 0 amide bonds. The van der Waals surface area contributed by atoms with Gasteiger partial charge in [-0.2, -0.15) is 0 Å². The van der Waals surface area contributed by atoms with Crippen LogP contribution in [0.5, 0.6) is 0 Å². The average molecular weight is 308 g/mol. The Morgan fingerprint density at radius 3 is 2.62 bits per heavy atom. The molecule has 0 bridgehead atoms. The van der Waals surface area contributed by atoms with Crippen molar-refractivity contribution in [1.29, 1.82) is 0 Å². The van der Waals surface area contributed by atoms with Gasteiger partial charge in [0.15, 0.2) is 0 Å². The van der Waals surface area contributed by atoms with Gasteiger partial charge in [-0.05, 0) is 37.4 Å². The predicted octanol–water partition coefficient (Wildman–Crippen LogP) is 2.13. The van der Waals surface area contributed by atoms with E-state index in [1.165, 1.54) is 7.11 Å². The Morgan fingerprint density at radius 1 is 1.24 bits per heavy atom. The molecule has 3 N–H and O–H groups in total. The molecular formula is C15H20N2O3S. The summed E-state index contributed by atoms with van der Waals surface area (Å²) in [5, 5.41) is 1.44. The van der Waals surface area contributed by atoms with E-state index in [0.717, 1.165) is 5.39 Å². The second-order valence-corrected chi connectivity index (χ2v) is 7.31. The second-order valence-electron chi connectivity index (χ2n) is 5.66. The molecule has 0 unspecified atom stereocenters. The molecule has 2 aromatic carbocycles. The maximum Gasteiger partial charge on any atom is 0.241 e. The first-order valence-electron chi connectivity index (χ1n) is 6.56. The molecule has 0 aliphatic heterocycles.